The summed E-state index contributed by atoms with van der Waals surface area (Å²) < 4.78 is 0. The Kier molecular flexibility index (Phi) is 3.76. The quantitative estimate of drug-likeness (QED) is 0.332. The van der Waals surface area contributed by atoms with Crippen LogP contribution >= 0.6 is 0 Å². The van der Waals surface area contributed by atoms with Crippen molar-refractivity contribution < 1.29 is 4.92 Å². The molecule has 4 nitrogen and oxygen atoms in total. The molecule has 140 valence electrons. The molecule has 0 saturated carbocycles. The second-order valence-electron chi connectivity index (χ2n) is 7.93. The number of aryl methyl sites for hydroxylation is 1. The molecule has 0 saturated heterocycles. The first kappa shape index (κ1) is 17.0. The first-order chi connectivity index (χ1) is 13.6. The van der Waals surface area contributed by atoms with Crippen LogP contribution in [0, 0.1) is 29.9 Å². The highest BCUT2D eigenvalue weighted by Crippen LogP contribution is 2.54. The molecule has 0 unspecified atom stereocenters. The van der Waals surface area contributed by atoms with E-state index in [0.29, 0.717) is 11.6 Å². The number of nitrogens with one attached hydrogen (secondary N) is 1. The summed E-state index contributed by atoms with van der Waals surface area (Å²) in [5, 5.41) is 17.9. The van der Waals surface area contributed by atoms with Crippen LogP contribution in [-0.2, 0) is 0 Å². The van der Waals surface area contributed by atoms with Crippen LogP contribution in [0.15, 0.2) is 60.7 Å². The Morgan fingerprint density at radius 3 is 2.71 bits per heavy atom. The molecule has 3 aromatic rings. The summed E-state index contributed by atoms with van der Waals surface area (Å²) in [4.78, 5) is 11.6. The van der Waals surface area contributed by atoms with Gasteiger partial charge in [-0.05, 0) is 59.2 Å². The summed E-state index contributed by atoms with van der Waals surface area (Å²) in [6.07, 6.45) is 5.46. The van der Waals surface area contributed by atoms with Crippen molar-refractivity contribution in [3.63, 3.8) is 0 Å². The largest absolute Gasteiger partial charge is 0.372 e. The van der Waals surface area contributed by atoms with Crippen molar-refractivity contribution >= 4 is 22.1 Å². The Morgan fingerprint density at radius 2 is 1.89 bits per heavy atom. The number of nitrogens with zero attached hydrogens (tertiary/aromatic N) is 1. The van der Waals surface area contributed by atoms with Gasteiger partial charge in [-0.15, -0.1) is 0 Å². The zero-order valence-corrected chi connectivity index (χ0v) is 16.0. The minimum Gasteiger partial charge on any atom is -0.372 e. The van der Waals surface area contributed by atoms with Crippen LogP contribution in [-0.4, -0.2) is 4.92 Å². The van der Waals surface area contributed by atoms with Gasteiger partial charge in [0, 0.05) is 12.0 Å². The molecule has 0 spiro atoms. The van der Waals surface area contributed by atoms with Crippen LogP contribution in [0.3, 0.4) is 0 Å². The van der Waals surface area contributed by atoms with E-state index in [0.717, 1.165) is 23.1 Å². The predicted octanol–water partition coefficient (Wildman–Crippen LogP) is 6.19. The van der Waals surface area contributed by atoms with Crippen LogP contribution < -0.4 is 5.32 Å². The number of anilines is 1. The minimum absolute atomic E-state index is 0.0411. The summed E-state index contributed by atoms with van der Waals surface area (Å²) in [7, 11) is 0. The fraction of sp³-hybridized carbons (Fsp3) is 0.250. The Bertz CT molecular complexity index is 1140. The van der Waals surface area contributed by atoms with Gasteiger partial charge in [-0.2, -0.15) is 0 Å². The van der Waals surface area contributed by atoms with Crippen LogP contribution in [0.1, 0.15) is 40.6 Å². The smallest absolute Gasteiger partial charge is 0.292 e. The number of hydrogen-bond donors (Lipinski definition) is 1. The summed E-state index contributed by atoms with van der Waals surface area (Å²) in [6, 6.07) is 16.5. The van der Waals surface area contributed by atoms with E-state index in [1.165, 1.54) is 16.3 Å². The van der Waals surface area contributed by atoms with E-state index >= 15 is 0 Å². The van der Waals surface area contributed by atoms with E-state index in [9.17, 15) is 10.1 Å². The molecule has 0 bridgehead atoms. The predicted molar refractivity (Wildman–Crippen MR) is 113 cm³/mol. The molecule has 28 heavy (non-hydrogen) atoms. The second-order valence-corrected chi connectivity index (χ2v) is 7.93. The molecular formula is C24H22N2O2. The van der Waals surface area contributed by atoms with Gasteiger partial charge in [0.15, 0.2) is 0 Å². The fourth-order valence-corrected chi connectivity index (χ4v) is 5.05. The number of allylic oxidation sites excluding steroid dienone is 2. The maximum atomic E-state index is 11.8. The van der Waals surface area contributed by atoms with Gasteiger partial charge in [-0.3, -0.25) is 10.1 Å². The van der Waals surface area contributed by atoms with Crippen molar-refractivity contribution in [2.75, 3.05) is 5.32 Å². The van der Waals surface area contributed by atoms with Crippen LogP contribution in [0.25, 0.3) is 10.8 Å². The maximum Gasteiger partial charge on any atom is 0.292 e. The zero-order chi connectivity index (χ0) is 19.4. The third kappa shape index (κ3) is 2.37. The molecule has 1 aliphatic heterocycles. The van der Waals surface area contributed by atoms with Crippen molar-refractivity contribution in [2.45, 2.75) is 32.2 Å². The van der Waals surface area contributed by atoms with Crippen LogP contribution in [0.5, 0.6) is 0 Å². The van der Waals surface area contributed by atoms with Crippen molar-refractivity contribution in [1.82, 2.24) is 0 Å². The maximum absolute atomic E-state index is 11.8. The molecule has 1 N–H and O–H groups in total. The van der Waals surface area contributed by atoms with Gasteiger partial charge in [0.25, 0.3) is 5.69 Å². The second kappa shape index (κ2) is 6.20. The Labute approximate surface area is 164 Å². The fourth-order valence-electron chi connectivity index (χ4n) is 5.05. The van der Waals surface area contributed by atoms with Gasteiger partial charge in [-0.25, -0.2) is 0 Å². The SMILES string of the molecule is Cc1cc([N+](=O)[O-])c2c(c1C)[C@@H]1C=CC[C@H]1[C@H](c1cccc3ccccc13)N2. The molecule has 0 radical (unpaired) electrons. The van der Waals surface area contributed by atoms with E-state index in [2.05, 4.69) is 60.8 Å². The third-order valence-corrected chi connectivity index (χ3v) is 6.50. The lowest BCUT2D eigenvalue weighted by Crippen LogP contribution is -2.30. The van der Waals surface area contributed by atoms with E-state index in [4.69, 9.17) is 0 Å². The van der Waals surface area contributed by atoms with E-state index in [1.807, 2.05) is 13.0 Å². The molecule has 0 aromatic heterocycles. The zero-order valence-electron chi connectivity index (χ0n) is 16.0. The number of hydrogen-bond acceptors (Lipinski definition) is 3. The van der Waals surface area contributed by atoms with Crippen molar-refractivity contribution in [2.24, 2.45) is 5.92 Å². The molecule has 1 heterocycles. The number of rotatable bonds is 2. The van der Waals surface area contributed by atoms with Gasteiger partial charge < -0.3 is 5.32 Å². The topological polar surface area (TPSA) is 55.2 Å². The Balaban J connectivity index is 1.75. The van der Waals surface area contributed by atoms with Crippen molar-refractivity contribution in [1.29, 1.82) is 0 Å². The van der Waals surface area contributed by atoms with Gasteiger partial charge >= 0.3 is 0 Å². The lowest BCUT2D eigenvalue weighted by Gasteiger charge is -2.38. The number of benzene rings is 3. The standard InChI is InChI=1S/C24H22N2O2/c1-14-13-21(26(27)28)24-22(15(14)2)18-10-6-12-20(18)23(25-24)19-11-5-8-16-7-3-4-9-17(16)19/h3-11,13,18,20,23,25H,12H2,1-2H3/t18-,20-,23+/m1/s1. The van der Waals surface area contributed by atoms with Gasteiger partial charge in [0.05, 0.1) is 11.0 Å². The summed E-state index contributed by atoms with van der Waals surface area (Å²) >= 11 is 0. The molecule has 3 aromatic carbocycles. The first-order valence-electron chi connectivity index (χ1n) is 9.75. The van der Waals surface area contributed by atoms with Crippen molar-refractivity contribution in [3.8, 4) is 0 Å². The van der Waals surface area contributed by atoms with Gasteiger partial charge in [-0.1, -0.05) is 54.6 Å². The molecule has 5 rings (SSSR count). The van der Waals surface area contributed by atoms with E-state index < -0.39 is 0 Å². The average Bonchev–Trinajstić information content (AvgIpc) is 3.19. The highest BCUT2D eigenvalue weighted by Gasteiger charge is 2.42. The molecular weight excluding hydrogens is 348 g/mol. The van der Waals surface area contributed by atoms with Crippen LogP contribution in [0.2, 0.25) is 0 Å². The third-order valence-electron chi connectivity index (χ3n) is 6.50. The summed E-state index contributed by atoms with van der Waals surface area (Å²) in [6.45, 7) is 4.05. The van der Waals surface area contributed by atoms with Gasteiger partial charge in [0.1, 0.15) is 5.69 Å². The molecule has 1 aliphatic carbocycles. The first-order valence-corrected chi connectivity index (χ1v) is 9.75. The molecule has 4 heteroatoms. The molecule has 0 fully saturated rings. The molecule has 2 aliphatic rings. The summed E-state index contributed by atoms with van der Waals surface area (Å²) in [5.41, 5.74) is 5.33. The van der Waals surface area contributed by atoms with E-state index in [1.54, 1.807) is 6.07 Å². The molecule has 0 amide bonds. The number of nitro groups is 1. The lowest BCUT2D eigenvalue weighted by atomic mass is 9.74. The minimum atomic E-state index is -0.253. The highest BCUT2D eigenvalue weighted by atomic mass is 16.6. The Hall–Kier alpha value is -3.14. The van der Waals surface area contributed by atoms with Gasteiger partial charge in [0.2, 0.25) is 0 Å². The number of fused-ring (bicyclic) bond motifs is 4. The lowest BCUT2D eigenvalue weighted by molar-refractivity contribution is -0.384. The average molecular weight is 370 g/mol. The Morgan fingerprint density at radius 1 is 1.11 bits per heavy atom. The van der Waals surface area contributed by atoms with Crippen LogP contribution in [0.4, 0.5) is 11.4 Å². The van der Waals surface area contributed by atoms with E-state index in [-0.39, 0.29) is 22.6 Å². The summed E-state index contributed by atoms with van der Waals surface area (Å²) in [5.74, 6) is 0.567. The van der Waals surface area contributed by atoms with Crippen molar-refractivity contribution in [3.05, 3.63) is 93.1 Å². The molecule has 3 atom stereocenters. The monoisotopic (exact) mass is 370 g/mol. The number of nitro benzene ring substituents is 1. The normalized spacial score (nSPS) is 22.6. The highest BCUT2D eigenvalue weighted by molar-refractivity contribution is 5.87.